The normalized spacial score (nSPS) is 10.9. The van der Waals surface area contributed by atoms with E-state index in [4.69, 9.17) is 0 Å². The molecule has 0 aliphatic carbocycles. The molecule has 2 N–H and O–H groups in total. The molecule has 2 aromatic carbocycles. The minimum atomic E-state index is -4.41. The number of hydrogen-bond acceptors (Lipinski definition) is 2. The van der Waals surface area contributed by atoms with E-state index in [2.05, 4.69) is 10.9 Å². The van der Waals surface area contributed by atoms with E-state index in [0.29, 0.717) is 5.69 Å². The van der Waals surface area contributed by atoms with Crippen LogP contribution in [-0.2, 0) is 6.18 Å². The number of anilines is 1. The lowest BCUT2D eigenvalue weighted by atomic mass is 10.1. The average Bonchev–Trinajstić information content (AvgIpc) is 2.45. The third-order valence-electron chi connectivity index (χ3n) is 2.57. The van der Waals surface area contributed by atoms with Gasteiger partial charge in [0.15, 0.2) is 0 Å². The maximum atomic E-state index is 12.4. The van der Waals surface area contributed by atoms with Gasteiger partial charge in [-0.2, -0.15) is 13.2 Å². The largest absolute Gasteiger partial charge is 0.416 e. The zero-order valence-corrected chi connectivity index (χ0v) is 10.2. The molecule has 3 nitrogen and oxygen atoms in total. The van der Waals surface area contributed by atoms with Crippen molar-refractivity contribution < 1.29 is 18.0 Å². The molecule has 0 fully saturated rings. The fourth-order valence-electron chi connectivity index (χ4n) is 1.53. The fourth-order valence-corrected chi connectivity index (χ4v) is 1.53. The molecule has 0 aliphatic rings. The van der Waals surface area contributed by atoms with Crippen molar-refractivity contribution in [3.05, 3.63) is 65.7 Å². The van der Waals surface area contributed by atoms with Gasteiger partial charge in [0.2, 0.25) is 0 Å². The molecule has 0 heterocycles. The average molecular weight is 280 g/mol. The van der Waals surface area contributed by atoms with Crippen molar-refractivity contribution in [2.75, 3.05) is 5.43 Å². The fraction of sp³-hybridized carbons (Fsp3) is 0.0714. The van der Waals surface area contributed by atoms with E-state index in [1.807, 2.05) is 6.07 Å². The predicted molar refractivity (Wildman–Crippen MR) is 69.0 cm³/mol. The van der Waals surface area contributed by atoms with Crippen molar-refractivity contribution in [3.8, 4) is 0 Å². The van der Waals surface area contributed by atoms with Crippen LogP contribution in [-0.4, -0.2) is 5.91 Å². The van der Waals surface area contributed by atoms with Crippen LogP contribution >= 0.6 is 0 Å². The van der Waals surface area contributed by atoms with Gasteiger partial charge in [-0.15, -0.1) is 0 Å². The van der Waals surface area contributed by atoms with E-state index in [0.717, 1.165) is 24.3 Å². The molecule has 0 atom stereocenters. The number of amides is 1. The van der Waals surface area contributed by atoms with Crippen LogP contribution in [0, 0.1) is 0 Å². The molecule has 6 heteroatoms. The standard InChI is InChI=1S/C14H11F3N2O/c15-14(16,17)11-8-6-10(7-9-11)13(20)19-18-12-4-2-1-3-5-12/h1-9,18H,(H,19,20). The van der Waals surface area contributed by atoms with Gasteiger partial charge in [0.25, 0.3) is 5.91 Å². The van der Waals surface area contributed by atoms with E-state index in [1.165, 1.54) is 0 Å². The van der Waals surface area contributed by atoms with Gasteiger partial charge in [-0.1, -0.05) is 18.2 Å². The Hall–Kier alpha value is -2.50. The number of halogens is 3. The summed E-state index contributed by atoms with van der Waals surface area (Å²) >= 11 is 0. The van der Waals surface area contributed by atoms with E-state index < -0.39 is 17.6 Å². The van der Waals surface area contributed by atoms with Crippen molar-refractivity contribution in [1.82, 2.24) is 5.43 Å². The number of benzene rings is 2. The molecule has 0 saturated heterocycles. The number of rotatable bonds is 3. The number of hydrogen-bond donors (Lipinski definition) is 2. The van der Waals surface area contributed by atoms with Gasteiger partial charge in [-0.25, -0.2) is 0 Å². The molecule has 0 saturated carbocycles. The molecule has 0 bridgehead atoms. The van der Waals surface area contributed by atoms with Gasteiger partial charge in [0.1, 0.15) is 0 Å². The van der Waals surface area contributed by atoms with E-state index in [-0.39, 0.29) is 5.56 Å². The second-order valence-corrected chi connectivity index (χ2v) is 4.02. The lowest BCUT2D eigenvalue weighted by Gasteiger charge is -2.09. The lowest BCUT2D eigenvalue weighted by Crippen LogP contribution is -2.29. The Kier molecular flexibility index (Phi) is 3.93. The van der Waals surface area contributed by atoms with Crippen LogP contribution in [0.15, 0.2) is 54.6 Å². The molecular formula is C14H11F3N2O. The topological polar surface area (TPSA) is 41.1 Å². The van der Waals surface area contributed by atoms with Crippen molar-refractivity contribution in [3.63, 3.8) is 0 Å². The Labute approximate surface area is 113 Å². The number of carbonyl (C=O) groups excluding carboxylic acids is 1. The molecule has 0 spiro atoms. The summed E-state index contributed by atoms with van der Waals surface area (Å²) in [5.74, 6) is -0.512. The van der Waals surface area contributed by atoms with Crippen LogP contribution in [0.3, 0.4) is 0 Å². The van der Waals surface area contributed by atoms with Gasteiger partial charge < -0.3 is 0 Å². The highest BCUT2D eigenvalue weighted by atomic mass is 19.4. The summed E-state index contributed by atoms with van der Waals surface area (Å²) in [5.41, 5.74) is 5.10. The first-order valence-corrected chi connectivity index (χ1v) is 5.75. The SMILES string of the molecule is O=C(NNc1ccccc1)c1ccc(C(F)(F)F)cc1. The molecule has 1 amide bonds. The Morgan fingerprint density at radius 3 is 2.05 bits per heavy atom. The highest BCUT2D eigenvalue weighted by molar-refractivity contribution is 5.94. The second-order valence-electron chi connectivity index (χ2n) is 4.02. The first kappa shape index (κ1) is 13.9. The highest BCUT2D eigenvalue weighted by Gasteiger charge is 2.30. The maximum absolute atomic E-state index is 12.4. The number of nitrogens with one attached hydrogen (secondary N) is 2. The smallest absolute Gasteiger partial charge is 0.298 e. The molecule has 0 aromatic heterocycles. The molecule has 0 unspecified atom stereocenters. The van der Waals surface area contributed by atoms with Crippen LogP contribution in [0.2, 0.25) is 0 Å². The van der Waals surface area contributed by atoms with Gasteiger partial charge >= 0.3 is 6.18 Å². The number of hydrazine groups is 1. The lowest BCUT2D eigenvalue weighted by molar-refractivity contribution is -0.137. The van der Waals surface area contributed by atoms with Crippen LogP contribution in [0.1, 0.15) is 15.9 Å². The van der Waals surface area contributed by atoms with Crippen molar-refractivity contribution >= 4 is 11.6 Å². The van der Waals surface area contributed by atoms with E-state index >= 15 is 0 Å². The third kappa shape index (κ3) is 3.50. The summed E-state index contributed by atoms with van der Waals surface area (Å²) in [6.07, 6.45) is -4.41. The third-order valence-corrected chi connectivity index (χ3v) is 2.57. The van der Waals surface area contributed by atoms with Crippen molar-refractivity contribution in [1.29, 1.82) is 0 Å². The van der Waals surface area contributed by atoms with Crippen molar-refractivity contribution in [2.24, 2.45) is 0 Å². The van der Waals surface area contributed by atoms with Gasteiger partial charge in [0, 0.05) is 5.56 Å². The summed E-state index contributed by atoms with van der Waals surface area (Å²) < 4.78 is 37.1. The molecule has 104 valence electrons. The Morgan fingerprint density at radius 2 is 1.50 bits per heavy atom. The number of carbonyl (C=O) groups is 1. The molecule has 2 rings (SSSR count). The zero-order chi connectivity index (χ0) is 14.6. The summed E-state index contributed by atoms with van der Waals surface area (Å²) in [7, 11) is 0. The predicted octanol–water partition coefficient (Wildman–Crippen LogP) is 3.46. The van der Waals surface area contributed by atoms with E-state index in [1.54, 1.807) is 24.3 Å². The van der Waals surface area contributed by atoms with E-state index in [9.17, 15) is 18.0 Å². The Morgan fingerprint density at radius 1 is 0.900 bits per heavy atom. The van der Waals surface area contributed by atoms with Gasteiger partial charge in [-0.3, -0.25) is 15.6 Å². The second kappa shape index (κ2) is 5.64. The molecule has 0 aliphatic heterocycles. The van der Waals surface area contributed by atoms with Crippen molar-refractivity contribution in [2.45, 2.75) is 6.18 Å². The van der Waals surface area contributed by atoms with Gasteiger partial charge in [-0.05, 0) is 36.4 Å². The summed E-state index contributed by atoms with van der Waals surface area (Å²) in [5, 5.41) is 0. The highest BCUT2D eigenvalue weighted by Crippen LogP contribution is 2.29. The molecule has 0 radical (unpaired) electrons. The maximum Gasteiger partial charge on any atom is 0.416 e. The first-order valence-electron chi connectivity index (χ1n) is 5.75. The minimum absolute atomic E-state index is 0.140. The van der Waals surface area contributed by atoms with Crippen LogP contribution in [0.5, 0.6) is 0 Å². The van der Waals surface area contributed by atoms with Crippen LogP contribution in [0.4, 0.5) is 18.9 Å². The van der Waals surface area contributed by atoms with Gasteiger partial charge in [0.05, 0.1) is 11.3 Å². The Balaban J connectivity index is 1.99. The molecule has 20 heavy (non-hydrogen) atoms. The summed E-state index contributed by atoms with van der Waals surface area (Å²) in [6, 6.07) is 12.9. The minimum Gasteiger partial charge on any atom is -0.298 e. The number of alkyl halides is 3. The summed E-state index contributed by atoms with van der Waals surface area (Å²) in [6.45, 7) is 0. The monoisotopic (exact) mass is 280 g/mol. The number of para-hydroxylation sites is 1. The quantitative estimate of drug-likeness (QED) is 0.845. The molecule has 2 aromatic rings. The summed E-state index contributed by atoms with van der Waals surface area (Å²) in [4.78, 5) is 11.7. The van der Waals surface area contributed by atoms with Crippen LogP contribution < -0.4 is 10.9 Å². The van der Waals surface area contributed by atoms with Crippen LogP contribution in [0.25, 0.3) is 0 Å². The molecular weight excluding hydrogens is 269 g/mol. The Bertz CT molecular complexity index is 580. The first-order chi connectivity index (χ1) is 9.47. The zero-order valence-electron chi connectivity index (χ0n) is 10.2.